The minimum absolute atomic E-state index is 0.0839. The fourth-order valence-electron chi connectivity index (χ4n) is 2.15. The van der Waals surface area contributed by atoms with E-state index < -0.39 is 12.3 Å². The molecule has 1 N–H and O–H groups in total. The maximum absolute atomic E-state index is 12.7. The Hall–Kier alpha value is -1.56. The zero-order valence-corrected chi connectivity index (χ0v) is 10.3. The summed E-state index contributed by atoms with van der Waals surface area (Å²) in [4.78, 5) is 13.4. The first-order chi connectivity index (χ1) is 9.04. The lowest BCUT2D eigenvalue weighted by molar-refractivity contribution is -0.117. The molecule has 1 saturated heterocycles. The molecular formula is C13H15F3N2O. The monoisotopic (exact) mass is 272 g/mol. The van der Waals surface area contributed by atoms with E-state index in [1.807, 2.05) is 0 Å². The van der Waals surface area contributed by atoms with Crippen molar-refractivity contribution in [1.82, 2.24) is 4.90 Å². The average Bonchev–Trinajstić information content (AvgIpc) is 2.80. The lowest BCUT2D eigenvalue weighted by atomic mass is 10.1. The molecule has 1 amide bonds. The smallest absolute Gasteiger partial charge is 0.242 e. The van der Waals surface area contributed by atoms with Gasteiger partial charge in [0.2, 0.25) is 12.3 Å². The third-order valence-corrected chi connectivity index (χ3v) is 3.16. The molecule has 1 atom stereocenters. The van der Waals surface area contributed by atoms with Crippen molar-refractivity contribution in [3.8, 4) is 0 Å². The first-order valence-electron chi connectivity index (χ1n) is 6.10. The molecule has 0 bridgehead atoms. The molecule has 0 spiro atoms. The highest BCUT2D eigenvalue weighted by atomic mass is 19.3. The van der Waals surface area contributed by atoms with Gasteiger partial charge in [0.1, 0.15) is 5.82 Å². The Balaban J connectivity index is 1.80. The van der Waals surface area contributed by atoms with E-state index in [-0.39, 0.29) is 24.8 Å². The summed E-state index contributed by atoms with van der Waals surface area (Å²) in [6, 6.07) is 5.41. The molecule has 1 aromatic carbocycles. The third-order valence-electron chi connectivity index (χ3n) is 3.16. The van der Waals surface area contributed by atoms with E-state index in [1.165, 1.54) is 24.3 Å². The molecule has 3 nitrogen and oxygen atoms in total. The van der Waals surface area contributed by atoms with Crippen LogP contribution in [0.5, 0.6) is 0 Å². The molecule has 1 aliphatic rings. The van der Waals surface area contributed by atoms with Crippen LogP contribution in [0.15, 0.2) is 24.3 Å². The van der Waals surface area contributed by atoms with Crippen molar-refractivity contribution in [3.63, 3.8) is 0 Å². The van der Waals surface area contributed by atoms with Gasteiger partial charge in [-0.1, -0.05) is 0 Å². The van der Waals surface area contributed by atoms with Gasteiger partial charge < -0.3 is 5.32 Å². The number of anilines is 1. The number of alkyl halides is 2. The summed E-state index contributed by atoms with van der Waals surface area (Å²) in [5.41, 5.74) is 0.496. The number of hydrogen-bond donors (Lipinski definition) is 1. The number of hydrogen-bond acceptors (Lipinski definition) is 2. The van der Waals surface area contributed by atoms with Gasteiger partial charge in [-0.2, -0.15) is 0 Å². The van der Waals surface area contributed by atoms with Crippen molar-refractivity contribution in [2.24, 2.45) is 5.92 Å². The molecule has 6 heteroatoms. The second-order valence-electron chi connectivity index (χ2n) is 4.67. The van der Waals surface area contributed by atoms with Crippen LogP contribution < -0.4 is 5.32 Å². The summed E-state index contributed by atoms with van der Waals surface area (Å²) in [6.45, 7) is 0.834. The summed E-state index contributed by atoms with van der Waals surface area (Å²) >= 11 is 0. The van der Waals surface area contributed by atoms with E-state index in [1.54, 1.807) is 4.90 Å². The number of rotatable bonds is 4. The summed E-state index contributed by atoms with van der Waals surface area (Å²) in [6.07, 6.45) is -1.91. The van der Waals surface area contributed by atoms with E-state index in [2.05, 4.69) is 5.32 Å². The Morgan fingerprint density at radius 3 is 2.63 bits per heavy atom. The number of carbonyl (C=O) groups excluding carboxylic acids is 1. The minimum Gasteiger partial charge on any atom is -0.325 e. The van der Waals surface area contributed by atoms with Crippen LogP contribution in [0.2, 0.25) is 0 Å². The average molecular weight is 272 g/mol. The Labute approximate surface area is 109 Å². The highest BCUT2D eigenvalue weighted by Crippen LogP contribution is 2.22. The second-order valence-corrected chi connectivity index (χ2v) is 4.67. The summed E-state index contributed by atoms with van der Waals surface area (Å²) in [5.74, 6) is -1.29. The zero-order chi connectivity index (χ0) is 13.8. The topological polar surface area (TPSA) is 32.3 Å². The minimum atomic E-state index is -2.33. The highest BCUT2D eigenvalue weighted by Gasteiger charge is 2.30. The molecule has 1 aromatic rings. The number of nitrogens with one attached hydrogen (secondary N) is 1. The summed E-state index contributed by atoms with van der Waals surface area (Å²) < 4.78 is 37.6. The Morgan fingerprint density at radius 2 is 2.05 bits per heavy atom. The molecule has 0 saturated carbocycles. The van der Waals surface area contributed by atoms with Crippen molar-refractivity contribution < 1.29 is 18.0 Å². The van der Waals surface area contributed by atoms with Gasteiger partial charge in [0, 0.05) is 18.2 Å². The van der Waals surface area contributed by atoms with Crippen molar-refractivity contribution in [1.29, 1.82) is 0 Å². The number of likely N-dealkylation sites (tertiary alicyclic amines) is 1. The van der Waals surface area contributed by atoms with Gasteiger partial charge in [-0.25, -0.2) is 13.2 Å². The first-order valence-corrected chi connectivity index (χ1v) is 6.10. The molecule has 104 valence electrons. The number of nitrogens with zero attached hydrogens (tertiary/aromatic N) is 1. The predicted octanol–water partition coefficient (Wildman–Crippen LogP) is 2.35. The van der Waals surface area contributed by atoms with Gasteiger partial charge in [-0.3, -0.25) is 9.69 Å². The number of carbonyl (C=O) groups is 1. The van der Waals surface area contributed by atoms with E-state index >= 15 is 0 Å². The maximum Gasteiger partial charge on any atom is 0.242 e. The molecule has 19 heavy (non-hydrogen) atoms. The number of amides is 1. The number of halogens is 3. The molecule has 1 unspecified atom stereocenters. The van der Waals surface area contributed by atoms with Crippen molar-refractivity contribution in [2.75, 3.05) is 25.0 Å². The largest absolute Gasteiger partial charge is 0.325 e. The van der Waals surface area contributed by atoms with E-state index in [9.17, 15) is 18.0 Å². The van der Waals surface area contributed by atoms with Crippen LogP contribution >= 0.6 is 0 Å². The summed E-state index contributed by atoms with van der Waals surface area (Å²) in [5, 5.41) is 2.61. The summed E-state index contributed by atoms with van der Waals surface area (Å²) in [7, 11) is 0. The van der Waals surface area contributed by atoms with E-state index in [4.69, 9.17) is 0 Å². The van der Waals surface area contributed by atoms with Gasteiger partial charge in [-0.15, -0.1) is 0 Å². The van der Waals surface area contributed by atoms with Crippen LogP contribution in [-0.2, 0) is 4.79 Å². The fraction of sp³-hybridized carbons (Fsp3) is 0.462. The Bertz CT molecular complexity index is 436. The van der Waals surface area contributed by atoms with E-state index in [0.717, 1.165) is 0 Å². The third kappa shape index (κ3) is 3.96. The highest BCUT2D eigenvalue weighted by molar-refractivity contribution is 5.92. The molecular weight excluding hydrogens is 257 g/mol. The van der Waals surface area contributed by atoms with Crippen LogP contribution in [-0.4, -0.2) is 36.9 Å². The van der Waals surface area contributed by atoms with Gasteiger partial charge in [-0.05, 0) is 37.2 Å². The van der Waals surface area contributed by atoms with Crippen LogP contribution in [0, 0.1) is 11.7 Å². The molecule has 0 aromatic heterocycles. The molecule has 2 rings (SSSR count). The number of benzene rings is 1. The maximum atomic E-state index is 12.7. The molecule has 1 aliphatic heterocycles. The van der Waals surface area contributed by atoms with Crippen molar-refractivity contribution in [2.45, 2.75) is 12.8 Å². The fourth-order valence-corrected chi connectivity index (χ4v) is 2.15. The van der Waals surface area contributed by atoms with Gasteiger partial charge in [0.05, 0.1) is 6.54 Å². The van der Waals surface area contributed by atoms with E-state index in [0.29, 0.717) is 18.7 Å². The molecule has 1 heterocycles. The Morgan fingerprint density at radius 1 is 1.37 bits per heavy atom. The molecule has 0 aliphatic carbocycles. The van der Waals surface area contributed by atoms with Crippen molar-refractivity contribution in [3.05, 3.63) is 30.1 Å². The van der Waals surface area contributed by atoms with Gasteiger partial charge >= 0.3 is 0 Å². The molecule has 0 radical (unpaired) electrons. The second kappa shape index (κ2) is 6.06. The SMILES string of the molecule is O=C(CN1CCC(C(F)F)C1)Nc1ccc(F)cc1. The van der Waals surface area contributed by atoms with Crippen LogP contribution in [0.3, 0.4) is 0 Å². The predicted molar refractivity (Wildman–Crippen MR) is 65.6 cm³/mol. The quantitative estimate of drug-likeness (QED) is 0.912. The van der Waals surface area contributed by atoms with Crippen LogP contribution in [0.4, 0.5) is 18.9 Å². The lowest BCUT2D eigenvalue weighted by Gasteiger charge is -2.15. The first kappa shape index (κ1) is 13.9. The zero-order valence-electron chi connectivity index (χ0n) is 10.3. The Kier molecular flexibility index (Phi) is 4.42. The van der Waals surface area contributed by atoms with Crippen molar-refractivity contribution >= 4 is 11.6 Å². The van der Waals surface area contributed by atoms with Gasteiger partial charge in [0.15, 0.2) is 0 Å². The molecule has 1 fully saturated rings. The lowest BCUT2D eigenvalue weighted by Crippen LogP contribution is -2.32. The van der Waals surface area contributed by atoms with Gasteiger partial charge in [0.25, 0.3) is 0 Å². The normalized spacial score (nSPS) is 19.9. The standard InChI is InChI=1S/C13H15F3N2O/c14-10-1-3-11(4-2-10)17-12(19)8-18-6-5-9(7-18)13(15)16/h1-4,9,13H,5-8H2,(H,17,19). The van der Waals surface area contributed by atoms with Crippen LogP contribution in [0.1, 0.15) is 6.42 Å². The van der Waals surface area contributed by atoms with Crippen LogP contribution in [0.25, 0.3) is 0 Å².